The van der Waals surface area contributed by atoms with Crippen molar-refractivity contribution in [3.63, 3.8) is 0 Å². The van der Waals surface area contributed by atoms with Crippen LogP contribution in [0.15, 0.2) is 0 Å². The van der Waals surface area contributed by atoms with Gasteiger partial charge in [-0.05, 0) is 37.5 Å². The fourth-order valence-electron chi connectivity index (χ4n) is 1.15. The van der Waals surface area contributed by atoms with E-state index >= 15 is 0 Å². The first-order valence-corrected chi connectivity index (χ1v) is 6.98. The van der Waals surface area contributed by atoms with E-state index in [2.05, 4.69) is 33.2 Å². The Bertz CT molecular complexity index is 372. The molecule has 0 aliphatic carbocycles. The van der Waals surface area contributed by atoms with Gasteiger partial charge in [0.25, 0.3) is 0 Å². The van der Waals surface area contributed by atoms with E-state index in [1.165, 1.54) is 0 Å². The molecule has 0 aliphatic rings. The highest BCUT2D eigenvalue weighted by atomic mass is 35.5. The molecule has 6 heteroatoms. The lowest BCUT2D eigenvalue weighted by molar-refractivity contribution is 0.170. The summed E-state index contributed by atoms with van der Waals surface area (Å²) in [5.74, 6) is 11.3. The average Bonchev–Trinajstić information content (AvgIpc) is 2.38. The van der Waals surface area contributed by atoms with E-state index in [0.717, 1.165) is 25.7 Å². The Balaban J connectivity index is 3.37. The molecule has 0 unspecified atom stereocenters. The maximum Gasteiger partial charge on any atom is 0.403 e. The topological polar surface area (TPSA) is 52.6 Å². The highest BCUT2D eigenvalue weighted by Crippen LogP contribution is 1.97. The van der Waals surface area contributed by atoms with Gasteiger partial charge in [-0.2, -0.15) is 0 Å². The predicted molar refractivity (Wildman–Crippen MR) is 77.7 cm³/mol. The van der Waals surface area contributed by atoms with Gasteiger partial charge in [-0.15, -0.1) is 0 Å². The number of halogens is 2. The molecule has 0 N–H and O–H groups in total. The summed E-state index contributed by atoms with van der Waals surface area (Å²) in [6.07, 6.45) is 4.56. The molecule has 110 valence electrons. The van der Waals surface area contributed by atoms with Crippen LogP contribution in [0.2, 0.25) is 0 Å². The predicted octanol–water partition coefficient (Wildman–Crippen LogP) is 4.08. The molecule has 0 heterocycles. The molecule has 0 aromatic carbocycles. The van der Waals surface area contributed by atoms with E-state index in [4.69, 9.17) is 23.2 Å². The highest BCUT2D eigenvalue weighted by molar-refractivity contribution is 6.61. The molecule has 0 spiro atoms. The zero-order valence-corrected chi connectivity index (χ0v) is 12.6. The van der Waals surface area contributed by atoms with Gasteiger partial charge in [0.1, 0.15) is 0 Å². The second-order valence-electron chi connectivity index (χ2n) is 3.69. The molecule has 0 saturated heterocycles. The number of unbranched alkanes of at least 4 members (excludes halogenated alkanes) is 4. The number of hydrogen-bond donors (Lipinski definition) is 0. The van der Waals surface area contributed by atoms with Crippen molar-refractivity contribution in [2.75, 3.05) is 13.2 Å². The summed E-state index contributed by atoms with van der Waals surface area (Å²) in [6, 6.07) is 0. The van der Waals surface area contributed by atoms with Crippen LogP contribution in [0.1, 0.15) is 38.5 Å². The van der Waals surface area contributed by atoms with Crippen LogP contribution >= 0.6 is 23.2 Å². The standard InChI is InChI=1S/C14H16Cl2O4/c15-13(17)19-11-9-7-5-3-1-2-4-6-8-10-12-20-14(16)18/h5-12H2. The minimum absolute atomic E-state index is 0.322. The molecule has 0 bridgehead atoms. The van der Waals surface area contributed by atoms with Crippen molar-refractivity contribution in [2.45, 2.75) is 38.5 Å². The zero-order valence-electron chi connectivity index (χ0n) is 11.0. The van der Waals surface area contributed by atoms with Crippen molar-refractivity contribution in [3.05, 3.63) is 0 Å². The first-order chi connectivity index (χ1) is 9.63. The molecular formula is C14H16Cl2O4. The number of carbonyl (C=O) groups excluding carboxylic acids is 2. The molecule has 0 aliphatic heterocycles. The minimum atomic E-state index is -0.775. The lowest BCUT2D eigenvalue weighted by atomic mass is 10.2. The van der Waals surface area contributed by atoms with E-state index < -0.39 is 10.9 Å². The normalized spacial score (nSPS) is 8.70. The summed E-state index contributed by atoms with van der Waals surface area (Å²) in [6.45, 7) is 0.644. The first kappa shape index (κ1) is 18.6. The quantitative estimate of drug-likeness (QED) is 0.384. The Morgan fingerprint density at radius 2 is 1.15 bits per heavy atom. The van der Waals surface area contributed by atoms with Crippen molar-refractivity contribution in [3.8, 4) is 23.7 Å². The van der Waals surface area contributed by atoms with Crippen molar-refractivity contribution in [1.29, 1.82) is 0 Å². The SMILES string of the molecule is O=C(Cl)OCCCCC#CC#CCCCCOC(=O)Cl. The summed E-state index contributed by atoms with van der Waals surface area (Å²) in [7, 11) is 0. The Labute approximate surface area is 129 Å². The molecule has 0 rings (SSSR count). The van der Waals surface area contributed by atoms with Crippen LogP contribution in [0, 0.1) is 23.7 Å². The Kier molecular flexibility index (Phi) is 13.1. The fourth-order valence-corrected chi connectivity index (χ4v) is 1.30. The second-order valence-corrected chi connectivity index (χ2v) is 4.31. The smallest absolute Gasteiger partial charge is 0.403 e. The zero-order chi connectivity index (χ0) is 15.1. The van der Waals surface area contributed by atoms with Crippen molar-refractivity contribution >= 4 is 34.1 Å². The van der Waals surface area contributed by atoms with Crippen LogP contribution in [-0.2, 0) is 9.47 Å². The third-order valence-corrected chi connectivity index (χ3v) is 2.28. The third-order valence-electron chi connectivity index (χ3n) is 2.06. The molecular weight excluding hydrogens is 303 g/mol. The van der Waals surface area contributed by atoms with Crippen molar-refractivity contribution in [2.24, 2.45) is 0 Å². The minimum Gasteiger partial charge on any atom is -0.454 e. The van der Waals surface area contributed by atoms with Crippen LogP contribution in [0.25, 0.3) is 0 Å². The van der Waals surface area contributed by atoms with E-state index in [0.29, 0.717) is 26.1 Å². The van der Waals surface area contributed by atoms with Gasteiger partial charge < -0.3 is 9.47 Å². The van der Waals surface area contributed by atoms with Gasteiger partial charge in [0.2, 0.25) is 0 Å². The van der Waals surface area contributed by atoms with E-state index in [-0.39, 0.29) is 0 Å². The number of carbonyl (C=O) groups is 2. The van der Waals surface area contributed by atoms with E-state index in [1.807, 2.05) is 0 Å². The molecule has 20 heavy (non-hydrogen) atoms. The Hall–Kier alpha value is -1.36. The highest BCUT2D eigenvalue weighted by Gasteiger charge is 1.94. The lowest BCUT2D eigenvalue weighted by Crippen LogP contribution is -1.95. The van der Waals surface area contributed by atoms with Gasteiger partial charge in [0.05, 0.1) is 13.2 Å². The van der Waals surface area contributed by atoms with Crippen LogP contribution in [-0.4, -0.2) is 24.1 Å². The largest absolute Gasteiger partial charge is 0.454 e. The van der Waals surface area contributed by atoms with E-state index in [9.17, 15) is 9.59 Å². The van der Waals surface area contributed by atoms with Crippen LogP contribution in [0.3, 0.4) is 0 Å². The number of ether oxygens (including phenoxy) is 2. The molecule has 4 nitrogen and oxygen atoms in total. The Morgan fingerprint density at radius 1 is 0.750 bits per heavy atom. The average molecular weight is 319 g/mol. The van der Waals surface area contributed by atoms with Gasteiger partial charge in [0.15, 0.2) is 0 Å². The fraction of sp³-hybridized carbons (Fsp3) is 0.571. The molecule has 0 atom stereocenters. The van der Waals surface area contributed by atoms with Crippen molar-refractivity contribution in [1.82, 2.24) is 0 Å². The van der Waals surface area contributed by atoms with Gasteiger partial charge in [-0.25, -0.2) is 9.59 Å². The van der Waals surface area contributed by atoms with Crippen molar-refractivity contribution < 1.29 is 19.1 Å². The van der Waals surface area contributed by atoms with Crippen LogP contribution in [0.4, 0.5) is 9.59 Å². The maximum absolute atomic E-state index is 10.2. The maximum atomic E-state index is 10.2. The number of hydrogen-bond acceptors (Lipinski definition) is 4. The molecule has 0 saturated carbocycles. The summed E-state index contributed by atoms with van der Waals surface area (Å²) < 4.78 is 9.12. The second kappa shape index (κ2) is 14.1. The summed E-state index contributed by atoms with van der Waals surface area (Å²) in [5, 5.41) is 0. The van der Waals surface area contributed by atoms with Crippen LogP contribution in [0.5, 0.6) is 0 Å². The molecule has 0 radical (unpaired) electrons. The monoisotopic (exact) mass is 318 g/mol. The third kappa shape index (κ3) is 16.6. The van der Waals surface area contributed by atoms with Gasteiger partial charge in [0, 0.05) is 36.0 Å². The first-order valence-electron chi connectivity index (χ1n) is 6.23. The van der Waals surface area contributed by atoms with Crippen LogP contribution < -0.4 is 0 Å². The summed E-state index contributed by atoms with van der Waals surface area (Å²) >= 11 is 10.00. The van der Waals surface area contributed by atoms with Gasteiger partial charge in [-0.1, -0.05) is 11.8 Å². The molecule has 0 aromatic heterocycles. The molecule has 0 aromatic rings. The molecule has 0 amide bonds. The Morgan fingerprint density at radius 3 is 1.50 bits per heavy atom. The molecule has 0 fully saturated rings. The summed E-state index contributed by atoms with van der Waals surface area (Å²) in [4.78, 5) is 20.5. The van der Waals surface area contributed by atoms with Gasteiger partial charge in [-0.3, -0.25) is 0 Å². The number of rotatable bonds is 8. The van der Waals surface area contributed by atoms with E-state index in [1.54, 1.807) is 0 Å². The van der Waals surface area contributed by atoms with Gasteiger partial charge >= 0.3 is 10.9 Å². The summed E-state index contributed by atoms with van der Waals surface area (Å²) in [5.41, 5.74) is -1.55. The lowest BCUT2D eigenvalue weighted by Gasteiger charge is -1.96.